The van der Waals surface area contributed by atoms with Crippen molar-refractivity contribution in [2.24, 2.45) is 7.05 Å². The summed E-state index contributed by atoms with van der Waals surface area (Å²) in [5.41, 5.74) is -0.147. The minimum absolute atomic E-state index is 0.101. The molecule has 2 aromatic heterocycles. The second-order valence-corrected chi connectivity index (χ2v) is 7.72. The van der Waals surface area contributed by atoms with Crippen LogP contribution in [0.1, 0.15) is 40.3 Å². The van der Waals surface area contributed by atoms with Crippen LogP contribution in [-0.4, -0.2) is 25.7 Å². The maximum Gasteiger partial charge on any atom is 0.296 e. The van der Waals surface area contributed by atoms with E-state index < -0.39 is 40.5 Å². The van der Waals surface area contributed by atoms with E-state index in [9.17, 15) is 23.5 Å². The Morgan fingerprint density at radius 3 is 2.56 bits per heavy atom. The van der Waals surface area contributed by atoms with Gasteiger partial charge in [-0.05, 0) is 30.2 Å². The molecule has 0 aliphatic rings. The first-order chi connectivity index (χ1) is 17.2. The standard InChI is InChI=1S/C18H16F2N4O4.C7H5N/c1-9(5-10-3-4-11(19)6-13(10)20)16-23-14(15(25)18(27)24(16)2)17(26)22-12-7-21-28-8-12;8-6-7-4-2-1-3-5-7/h3-4,6-9,25H,5H2,1-2H3,(H,22,26);1-5H/t9-;/m0./s1. The number of anilines is 1. The molecule has 9 nitrogen and oxygen atoms in total. The van der Waals surface area contributed by atoms with Crippen LogP contribution in [0, 0.1) is 23.0 Å². The topological polar surface area (TPSA) is 134 Å². The van der Waals surface area contributed by atoms with Crippen LogP contribution in [0.4, 0.5) is 14.5 Å². The number of halogens is 2. The van der Waals surface area contributed by atoms with Gasteiger partial charge >= 0.3 is 0 Å². The van der Waals surface area contributed by atoms with E-state index in [0.29, 0.717) is 5.56 Å². The highest BCUT2D eigenvalue weighted by atomic mass is 19.1. The maximum absolute atomic E-state index is 13.9. The summed E-state index contributed by atoms with van der Waals surface area (Å²) in [5, 5.41) is 24.2. The van der Waals surface area contributed by atoms with Crippen LogP contribution in [0.25, 0.3) is 0 Å². The Morgan fingerprint density at radius 1 is 1.25 bits per heavy atom. The Kier molecular flexibility index (Phi) is 8.25. The third kappa shape index (κ3) is 6.18. The van der Waals surface area contributed by atoms with Gasteiger partial charge in [-0.25, -0.2) is 13.8 Å². The van der Waals surface area contributed by atoms with Gasteiger partial charge in [0.2, 0.25) is 5.75 Å². The van der Waals surface area contributed by atoms with Crippen molar-refractivity contribution in [3.8, 4) is 11.8 Å². The normalized spacial score (nSPS) is 11.1. The monoisotopic (exact) mass is 493 g/mol. The highest BCUT2D eigenvalue weighted by molar-refractivity contribution is 6.04. The molecule has 4 aromatic rings. The minimum atomic E-state index is -0.834. The molecule has 0 radical (unpaired) electrons. The van der Waals surface area contributed by atoms with Gasteiger partial charge in [-0.15, -0.1) is 0 Å². The van der Waals surface area contributed by atoms with Gasteiger partial charge < -0.3 is 14.9 Å². The first-order valence-corrected chi connectivity index (χ1v) is 10.6. The number of hydrogen-bond acceptors (Lipinski definition) is 7. The first kappa shape index (κ1) is 25.8. The molecule has 1 amide bonds. The van der Waals surface area contributed by atoms with Crippen molar-refractivity contribution in [2.45, 2.75) is 19.3 Å². The smallest absolute Gasteiger partial charge is 0.296 e. The van der Waals surface area contributed by atoms with Crippen molar-refractivity contribution in [1.82, 2.24) is 14.7 Å². The molecule has 0 saturated heterocycles. The van der Waals surface area contributed by atoms with Gasteiger partial charge in [0.1, 0.15) is 29.4 Å². The van der Waals surface area contributed by atoms with E-state index in [-0.39, 0.29) is 23.5 Å². The van der Waals surface area contributed by atoms with Crippen molar-refractivity contribution in [3.05, 3.63) is 106 Å². The Labute approximate surface area is 204 Å². The van der Waals surface area contributed by atoms with Crippen LogP contribution in [-0.2, 0) is 13.5 Å². The van der Waals surface area contributed by atoms with E-state index in [1.165, 1.54) is 19.3 Å². The number of nitriles is 1. The lowest BCUT2D eigenvalue weighted by atomic mass is 9.99. The number of carbonyl (C=O) groups excluding carboxylic acids is 1. The number of aromatic hydroxyl groups is 1. The van der Waals surface area contributed by atoms with Crippen LogP contribution in [0.5, 0.6) is 5.75 Å². The van der Waals surface area contributed by atoms with Crippen molar-refractivity contribution in [1.29, 1.82) is 5.26 Å². The fourth-order valence-electron chi connectivity index (χ4n) is 3.28. The molecule has 11 heteroatoms. The van der Waals surface area contributed by atoms with E-state index in [1.54, 1.807) is 19.1 Å². The number of aromatic nitrogens is 3. The molecule has 2 N–H and O–H groups in total. The van der Waals surface area contributed by atoms with E-state index >= 15 is 0 Å². The zero-order valence-corrected chi connectivity index (χ0v) is 19.3. The van der Waals surface area contributed by atoms with Gasteiger partial charge in [-0.2, -0.15) is 5.26 Å². The fraction of sp³-hybridized carbons (Fsp3) is 0.160. The lowest BCUT2D eigenvalue weighted by molar-refractivity contribution is 0.101. The molecule has 4 rings (SSSR count). The molecule has 0 spiro atoms. The number of amides is 1. The number of hydrogen-bond donors (Lipinski definition) is 2. The molecule has 36 heavy (non-hydrogen) atoms. The first-order valence-electron chi connectivity index (χ1n) is 10.6. The summed E-state index contributed by atoms with van der Waals surface area (Å²) >= 11 is 0. The SMILES string of the molecule is C[C@@H](Cc1ccc(F)cc1F)c1nc(C(=O)Nc2cnoc2)c(O)c(=O)n1C.N#Cc1ccccc1. The largest absolute Gasteiger partial charge is 0.501 e. The molecule has 0 unspecified atom stereocenters. The lowest BCUT2D eigenvalue weighted by Crippen LogP contribution is -2.28. The van der Waals surface area contributed by atoms with Crippen LogP contribution < -0.4 is 10.9 Å². The average molecular weight is 493 g/mol. The maximum atomic E-state index is 13.9. The van der Waals surface area contributed by atoms with E-state index in [4.69, 9.17) is 5.26 Å². The molecular weight excluding hydrogens is 472 g/mol. The number of benzene rings is 2. The highest BCUT2D eigenvalue weighted by Gasteiger charge is 2.23. The van der Waals surface area contributed by atoms with Gasteiger partial charge in [0.15, 0.2) is 5.69 Å². The van der Waals surface area contributed by atoms with Gasteiger partial charge in [-0.3, -0.25) is 14.2 Å². The Bertz CT molecular complexity index is 1450. The van der Waals surface area contributed by atoms with Gasteiger partial charge in [0, 0.05) is 19.0 Å². The summed E-state index contributed by atoms with van der Waals surface area (Å²) in [6.07, 6.45) is 2.50. The number of nitrogens with one attached hydrogen (secondary N) is 1. The molecule has 2 heterocycles. The molecule has 0 saturated carbocycles. The Balaban J connectivity index is 0.000000383. The van der Waals surface area contributed by atoms with E-state index in [1.807, 2.05) is 24.3 Å². The fourth-order valence-corrected chi connectivity index (χ4v) is 3.28. The summed E-state index contributed by atoms with van der Waals surface area (Å²) in [7, 11) is 1.38. The van der Waals surface area contributed by atoms with Crippen molar-refractivity contribution >= 4 is 11.6 Å². The minimum Gasteiger partial charge on any atom is -0.501 e. The molecule has 2 aromatic carbocycles. The summed E-state index contributed by atoms with van der Waals surface area (Å²) in [6, 6.07) is 14.4. The zero-order chi connectivity index (χ0) is 26.2. The third-order valence-electron chi connectivity index (χ3n) is 5.09. The van der Waals surface area contributed by atoms with Crippen LogP contribution in [0.3, 0.4) is 0 Å². The van der Waals surface area contributed by atoms with Crippen molar-refractivity contribution in [2.75, 3.05) is 5.32 Å². The number of nitrogens with zero attached hydrogens (tertiary/aromatic N) is 4. The average Bonchev–Trinajstić information content (AvgIpc) is 3.38. The molecule has 0 fully saturated rings. The summed E-state index contributed by atoms with van der Waals surface area (Å²) in [5.74, 6) is -3.43. The molecule has 0 aliphatic heterocycles. The molecule has 0 bridgehead atoms. The van der Waals surface area contributed by atoms with Crippen molar-refractivity contribution in [3.63, 3.8) is 0 Å². The number of rotatable bonds is 5. The van der Waals surface area contributed by atoms with Crippen LogP contribution >= 0.6 is 0 Å². The summed E-state index contributed by atoms with van der Waals surface area (Å²) in [6.45, 7) is 1.67. The van der Waals surface area contributed by atoms with Crippen LogP contribution in [0.2, 0.25) is 0 Å². The van der Waals surface area contributed by atoms with E-state index in [2.05, 4.69) is 20.0 Å². The Hall–Kier alpha value is -4.85. The Morgan fingerprint density at radius 2 is 1.97 bits per heavy atom. The lowest BCUT2D eigenvalue weighted by Gasteiger charge is -2.17. The predicted molar refractivity (Wildman–Crippen MR) is 125 cm³/mol. The quantitative estimate of drug-likeness (QED) is 0.430. The number of carbonyl (C=O) groups is 1. The molecular formula is C25H21F2N5O4. The van der Waals surface area contributed by atoms with Crippen LogP contribution in [0.15, 0.2) is 70.3 Å². The third-order valence-corrected chi connectivity index (χ3v) is 5.09. The van der Waals surface area contributed by atoms with Gasteiger partial charge in [0.25, 0.3) is 11.5 Å². The van der Waals surface area contributed by atoms with Gasteiger partial charge in [-0.1, -0.05) is 36.3 Å². The second kappa shape index (κ2) is 11.5. The molecule has 184 valence electrons. The van der Waals surface area contributed by atoms with Gasteiger partial charge in [0.05, 0.1) is 17.8 Å². The predicted octanol–water partition coefficient (Wildman–Crippen LogP) is 3.91. The van der Waals surface area contributed by atoms with E-state index in [0.717, 1.165) is 23.0 Å². The summed E-state index contributed by atoms with van der Waals surface area (Å²) < 4.78 is 32.7. The highest BCUT2D eigenvalue weighted by Crippen LogP contribution is 2.22. The zero-order valence-electron chi connectivity index (χ0n) is 19.3. The summed E-state index contributed by atoms with van der Waals surface area (Å²) in [4.78, 5) is 28.8. The molecule has 0 aliphatic carbocycles. The second-order valence-electron chi connectivity index (χ2n) is 7.72. The van der Waals surface area contributed by atoms with Crippen molar-refractivity contribution < 1.29 is 23.2 Å². The molecule has 1 atom stereocenters.